The molecule has 28 heavy (non-hydrogen) atoms. The van der Waals surface area contributed by atoms with E-state index < -0.39 is 0 Å². The summed E-state index contributed by atoms with van der Waals surface area (Å²) >= 11 is 0. The van der Waals surface area contributed by atoms with Crippen LogP contribution in [-0.4, -0.2) is 57.4 Å². The van der Waals surface area contributed by atoms with Crippen molar-refractivity contribution in [1.82, 2.24) is 25.0 Å². The summed E-state index contributed by atoms with van der Waals surface area (Å²) in [4.78, 5) is 7.44. The molecule has 2 aliphatic heterocycles. The molecule has 1 N–H and O–H groups in total. The van der Waals surface area contributed by atoms with E-state index in [4.69, 9.17) is 19.6 Å². The number of nitrogens with zero attached hydrogens (tertiary/aromatic N) is 5. The van der Waals surface area contributed by atoms with Crippen LogP contribution >= 0.6 is 0 Å². The SMILES string of the molecule is C[C@@H]1COCCN1c1cc2c3c(nn(-c4cc[nH]n4)c3n1)CCOC21CCC1. The van der Waals surface area contributed by atoms with Crippen molar-refractivity contribution in [2.75, 3.05) is 31.3 Å². The minimum absolute atomic E-state index is 0.184. The molecule has 146 valence electrons. The summed E-state index contributed by atoms with van der Waals surface area (Å²) in [5.74, 6) is 1.75. The van der Waals surface area contributed by atoms with Gasteiger partial charge in [0.2, 0.25) is 0 Å². The van der Waals surface area contributed by atoms with Crippen molar-refractivity contribution in [3.8, 4) is 5.82 Å². The maximum absolute atomic E-state index is 6.42. The van der Waals surface area contributed by atoms with E-state index in [9.17, 15) is 0 Å². The van der Waals surface area contributed by atoms with Crippen LogP contribution in [0.1, 0.15) is 37.4 Å². The third-order valence-corrected chi connectivity index (χ3v) is 6.43. The van der Waals surface area contributed by atoms with Gasteiger partial charge in [0.05, 0.1) is 37.2 Å². The summed E-state index contributed by atoms with van der Waals surface area (Å²) in [6.07, 6.45) is 5.96. The second-order valence-corrected chi connectivity index (χ2v) is 8.08. The lowest BCUT2D eigenvalue weighted by molar-refractivity contribution is -0.102. The van der Waals surface area contributed by atoms with Crippen molar-refractivity contribution in [2.45, 2.75) is 44.2 Å². The first-order chi connectivity index (χ1) is 13.8. The Balaban J connectivity index is 1.62. The third kappa shape index (κ3) is 2.28. The van der Waals surface area contributed by atoms with Crippen molar-refractivity contribution in [2.24, 2.45) is 0 Å². The summed E-state index contributed by atoms with van der Waals surface area (Å²) < 4.78 is 13.9. The predicted molar refractivity (Wildman–Crippen MR) is 104 cm³/mol. The lowest BCUT2D eigenvalue weighted by Crippen LogP contribution is -2.44. The number of hydrogen-bond donors (Lipinski definition) is 1. The van der Waals surface area contributed by atoms with E-state index in [1.54, 1.807) is 0 Å². The molecule has 0 bridgehead atoms. The molecule has 1 saturated carbocycles. The highest BCUT2D eigenvalue weighted by molar-refractivity contribution is 5.87. The number of rotatable bonds is 2. The van der Waals surface area contributed by atoms with E-state index >= 15 is 0 Å². The number of morpholine rings is 1. The largest absolute Gasteiger partial charge is 0.377 e. The zero-order chi connectivity index (χ0) is 18.7. The third-order valence-electron chi connectivity index (χ3n) is 6.43. The Morgan fingerprint density at radius 1 is 1.25 bits per heavy atom. The molecule has 1 saturated heterocycles. The number of aromatic amines is 1. The van der Waals surface area contributed by atoms with Crippen molar-refractivity contribution in [3.05, 3.63) is 29.6 Å². The number of pyridine rings is 1. The van der Waals surface area contributed by atoms with Gasteiger partial charge in [-0.15, -0.1) is 0 Å². The van der Waals surface area contributed by atoms with Crippen LogP contribution in [0, 0.1) is 0 Å². The maximum Gasteiger partial charge on any atom is 0.177 e. The van der Waals surface area contributed by atoms with Crippen LogP contribution in [-0.2, 0) is 21.5 Å². The van der Waals surface area contributed by atoms with Gasteiger partial charge in [0, 0.05) is 36.2 Å². The molecule has 5 heterocycles. The van der Waals surface area contributed by atoms with Gasteiger partial charge < -0.3 is 14.4 Å². The molecule has 0 aromatic carbocycles. The number of hydrogen-bond acceptors (Lipinski definition) is 6. The number of fused-ring (bicyclic) bond motifs is 1. The summed E-state index contributed by atoms with van der Waals surface area (Å²) in [5, 5.41) is 13.3. The highest BCUT2D eigenvalue weighted by Crippen LogP contribution is 2.50. The number of nitrogens with one attached hydrogen (secondary N) is 1. The number of anilines is 1. The molecule has 3 aliphatic rings. The van der Waals surface area contributed by atoms with Gasteiger partial charge in [-0.05, 0) is 32.3 Å². The molecule has 3 aromatic rings. The predicted octanol–water partition coefficient (Wildman–Crippen LogP) is 2.32. The summed E-state index contributed by atoms with van der Waals surface area (Å²) in [6, 6.07) is 4.48. The molecule has 8 heteroatoms. The van der Waals surface area contributed by atoms with Crippen LogP contribution in [0.25, 0.3) is 16.9 Å². The first-order valence-electron chi connectivity index (χ1n) is 10.2. The van der Waals surface area contributed by atoms with Crippen molar-refractivity contribution < 1.29 is 9.47 Å². The Bertz CT molecular complexity index is 1020. The van der Waals surface area contributed by atoms with E-state index in [1.807, 2.05) is 16.9 Å². The van der Waals surface area contributed by atoms with E-state index in [2.05, 4.69) is 28.1 Å². The van der Waals surface area contributed by atoms with Crippen LogP contribution < -0.4 is 4.90 Å². The first-order valence-corrected chi connectivity index (χ1v) is 10.2. The molecule has 0 radical (unpaired) electrons. The number of ether oxygens (including phenoxy) is 2. The molecule has 0 amide bonds. The van der Waals surface area contributed by atoms with E-state index in [-0.39, 0.29) is 11.6 Å². The molecular weight excluding hydrogens is 356 g/mol. The number of aromatic nitrogens is 5. The molecule has 1 aliphatic carbocycles. The Kier molecular flexibility index (Phi) is 3.55. The molecule has 0 unspecified atom stereocenters. The molecule has 6 rings (SSSR count). The second-order valence-electron chi connectivity index (χ2n) is 8.08. The average molecular weight is 380 g/mol. The highest BCUT2D eigenvalue weighted by atomic mass is 16.5. The fourth-order valence-electron chi connectivity index (χ4n) is 4.79. The van der Waals surface area contributed by atoms with Gasteiger partial charge in [-0.3, -0.25) is 5.10 Å². The Morgan fingerprint density at radius 2 is 2.18 bits per heavy atom. The van der Waals surface area contributed by atoms with Gasteiger partial charge >= 0.3 is 0 Å². The number of H-pyrrole nitrogens is 1. The van der Waals surface area contributed by atoms with Crippen LogP contribution in [0.2, 0.25) is 0 Å². The van der Waals surface area contributed by atoms with Gasteiger partial charge in [0.15, 0.2) is 11.5 Å². The standard InChI is InChI=1S/C20H24N6O2/c1-13-12-27-10-8-25(13)17-11-14-18-15(4-9-28-20(14)5-2-6-20)24-26(19(18)22-17)16-3-7-21-23-16/h3,7,11,13H,2,4-6,8-10,12H2,1H3,(H,21,23)/t13-/m1/s1. The fourth-order valence-corrected chi connectivity index (χ4v) is 4.79. The van der Waals surface area contributed by atoms with Gasteiger partial charge in [0.25, 0.3) is 0 Å². The fraction of sp³-hybridized carbons (Fsp3) is 0.550. The van der Waals surface area contributed by atoms with Gasteiger partial charge in [-0.1, -0.05) is 0 Å². The monoisotopic (exact) mass is 380 g/mol. The maximum atomic E-state index is 6.42. The highest BCUT2D eigenvalue weighted by Gasteiger charge is 2.44. The summed E-state index contributed by atoms with van der Waals surface area (Å²) in [5.41, 5.74) is 3.01. The Labute approximate surface area is 162 Å². The lowest BCUT2D eigenvalue weighted by Gasteiger charge is -2.42. The average Bonchev–Trinajstić information content (AvgIpc) is 3.28. The van der Waals surface area contributed by atoms with Gasteiger partial charge in [0.1, 0.15) is 5.82 Å². The summed E-state index contributed by atoms with van der Waals surface area (Å²) in [6.45, 7) is 5.18. The molecule has 1 atom stereocenters. The van der Waals surface area contributed by atoms with E-state index in [0.717, 1.165) is 67.4 Å². The minimum atomic E-state index is -0.184. The normalized spacial score (nSPS) is 23.8. The van der Waals surface area contributed by atoms with E-state index in [0.29, 0.717) is 6.61 Å². The first kappa shape index (κ1) is 16.5. The van der Waals surface area contributed by atoms with Crippen molar-refractivity contribution in [3.63, 3.8) is 0 Å². The molecule has 1 spiro atoms. The van der Waals surface area contributed by atoms with Crippen LogP contribution in [0.4, 0.5) is 5.82 Å². The second kappa shape index (κ2) is 6.02. The van der Waals surface area contributed by atoms with Crippen LogP contribution in [0.3, 0.4) is 0 Å². The van der Waals surface area contributed by atoms with Gasteiger partial charge in [-0.2, -0.15) is 14.9 Å². The minimum Gasteiger partial charge on any atom is -0.377 e. The smallest absolute Gasteiger partial charge is 0.177 e. The van der Waals surface area contributed by atoms with Crippen LogP contribution in [0.15, 0.2) is 18.3 Å². The zero-order valence-electron chi connectivity index (χ0n) is 16.0. The van der Waals surface area contributed by atoms with Crippen molar-refractivity contribution in [1.29, 1.82) is 0 Å². The van der Waals surface area contributed by atoms with Gasteiger partial charge in [-0.25, -0.2) is 4.98 Å². The van der Waals surface area contributed by atoms with Crippen molar-refractivity contribution >= 4 is 16.9 Å². The Hall–Kier alpha value is -2.45. The molecule has 2 fully saturated rings. The molecular formula is C20H24N6O2. The quantitative estimate of drug-likeness (QED) is 0.735. The van der Waals surface area contributed by atoms with Crippen LogP contribution in [0.5, 0.6) is 0 Å². The lowest BCUT2D eigenvalue weighted by atomic mass is 9.74. The topological polar surface area (TPSA) is 81.1 Å². The molecule has 8 nitrogen and oxygen atoms in total. The summed E-state index contributed by atoms with van der Waals surface area (Å²) in [7, 11) is 0. The zero-order valence-corrected chi connectivity index (χ0v) is 16.0. The van der Waals surface area contributed by atoms with E-state index in [1.165, 1.54) is 12.0 Å². The Morgan fingerprint density at radius 3 is 2.93 bits per heavy atom. The molecule has 3 aromatic heterocycles.